The van der Waals surface area contributed by atoms with E-state index in [4.69, 9.17) is 11.6 Å². The van der Waals surface area contributed by atoms with Gasteiger partial charge in [0.05, 0.1) is 5.92 Å². The molecule has 4 heteroatoms. The number of para-hydroxylation sites is 1. The maximum absolute atomic E-state index is 12.3. The lowest BCUT2D eigenvalue weighted by atomic mass is 10.0. The zero-order chi connectivity index (χ0) is 13.9. The highest BCUT2D eigenvalue weighted by atomic mass is 35.5. The summed E-state index contributed by atoms with van der Waals surface area (Å²) in [7, 11) is 0. The van der Waals surface area contributed by atoms with E-state index in [0.29, 0.717) is 18.1 Å². The molecule has 2 aromatic carbocycles. The fraction of sp³-hybridized carbons (Fsp3) is 0.188. The number of hydrogen-bond donors (Lipinski definition) is 2. The lowest BCUT2D eigenvalue weighted by molar-refractivity contribution is -0.122. The molecule has 3 rings (SSSR count). The van der Waals surface area contributed by atoms with Crippen LogP contribution in [0.5, 0.6) is 0 Å². The maximum Gasteiger partial charge on any atom is 0.229 e. The van der Waals surface area contributed by atoms with Crippen molar-refractivity contribution in [2.75, 3.05) is 11.9 Å². The molecule has 20 heavy (non-hydrogen) atoms. The number of carbonyl (C=O) groups excluding carboxylic acids is 1. The molecule has 0 aliphatic carbocycles. The molecule has 0 saturated carbocycles. The smallest absolute Gasteiger partial charge is 0.229 e. The minimum Gasteiger partial charge on any atom is -0.384 e. The van der Waals surface area contributed by atoms with Crippen LogP contribution >= 0.6 is 11.6 Å². The van der Waals surface area contributed by atoms with Gasteiger partial charge >= 0.3 is 0 Å². The van der Waals surface area contributed by atoms with Crippen molar-refractivity contribution in [1.29, 1.82) is 0 Å². The number of nitrogens with one attached hydrogen (secondary N) is 2. The first-order chi connectivity index (χ1) is 9.75. The van der Waals surface area contributed by atoms with Gasteiger partial charge < -0.3 is 10.6 Å². The van der Waals surface area contributed by atoms with E-state index in [1.54, 1.807) is 0 Å². The van der Waals surface area contributed by atoms with Gasteiger partial charge in [-0.2, -0.15) is 0 Å². The van der Waals surface area contributed by atoms with E-state index in [0.717, 1.165) is 16.8 Å². The van der Waals surface area contributed by atoms with Crippen molar-refractivity contribution < 1.29 is 4.79 Å². The van der Waals surface area contributed by atoms with Gasteiger partial charge in [0, 0.05) is 23.8 Å². The van der Waals surface area contributed by atoms with E-state index in [-0.39, 0.29) is 11.8 Å². The minimum atomic E-state index is -0.131. The summed E-state index contributed by atoms with van der Waals surface area (Å²) in [6, 6.07) is 15.5. The van der Waals surface area contributed by atoms with Crippen LogP contribution in [0.2, 0.25) is 5.02 Å². The van der Waals surface area contributed by atoms with Gasteiger partial charge in [-0.05, 0) is 23.3 Å². The largest absolute Gasteiger partial charge is 0.384 e. The van der Waals surface area contributed by atoms with Crippen LogP contribution in [0.4, 0.5) is 5.69 Å². The average Bonchev–Trinajstić information content (AvgIpc) is 2.90. The van der Waals surface area contributed by atoms with Gasteiger partial charge in [0.1, 0.15) is 0 Å². The lowest BCUT2D eigenvalue weighted by Crippen LogP contribution is -2.30. The number of benzene rings is 2. The molecule has 102 valence electrons. The molecule has 1 heterocycles. The third kappa shape index (κ3) is 2.49. The molecule has 1 aliphatic rings. The second kappa shape index (κ2) is 5.55. The predicted molar refractivity (Wildman–Crippen MR) is 81.0 cm³/mol. The number of amides is 1. The van der Waals surface area contributed by atoms with Crippen LogP contribution in [0.25, 0.3) is 0 Å². The summed E-state index contributed by atoms with van der Waals surface area (Å²) in [6.07, 6.45) is 0. The van der Waals surface area contributed by atoms with Gasteiger partial charge in [-0.25, -0.2) is 0 Å². The maximum atomic E-state index is 12.3. The van der Waals surface area contributed by atoms with E-state index >= 15 is 0 Å². The zero-order valence-electron chi connectivity index (χ0n) is 10.9. The van der Waals surface area contributed by atoms with E-state index in [1.165, 1.54) is 0 Å². The Morgan fingerprint density at radius 3 is 2.80 bits per heavy atom. The summed E-state index contributed by atoms with van der Waals surface area (Å²) in [4.78, 5) is 12.3. The second-order valence-electron chi connectivity index (χ2n) is 4.83. The highest BCUT2D eigenvalue weighted by molar-refractivity contribution is 6.31. The fourth-order valence-electron chi connectivity index (χ4n) is 2.47. The van der Waals surface area contributed by atoms with Crippen LogP contribution in [-0.4, -0.2) is 12.5 Å². The Hall–Kier alpha value is -2.00. The monoisotopic (exact) mass is 286 g/mol. The molecule has 0 saturated heterocycles. The molecule has 0 bridgehead atoms. The quantitative estimate of drug-likeness (QED) is 0.910. The van der Waals surface area contributed by atoms with Gasteiger partial charge in [-0.1, -0.05) is 48.0 Å². The number of rotatable bonds is 3. The predicted octanol–water partition coefficient (Wildman–Crippen LogP) is 3.17. The van der Waals surface area contributed by atoms with Crippen molar-refractivity contribution in [3.8, 4) is 0 Å². The van der Waals surface area contributed by atoms with Crippen molar-refractivity contribution in [1.82, 2.24) is 5.32 Å². The van der Waals surface area contributed by atoms with E-state index in [2.05, 4.69) is 10.6 Å². The van der Waals surface area contributed by atoms with Crippen LogP contribution in [0, 0.1) is 0 Å². The molecule has 0 aromatic heterocycles. The summed E-state index contributed by atoms with van der Waals surface area (Å²) in [5, 5.41) is 6.89. The molecule has 1 aliphatic heterocycles. The molecule has 2 N–H and O–H groups in total. The first kappa shape index (κ1) is 13.0. The van der Waals surface area contributed by atoms with Gasteiger partial charge in [-0.3, -0.25) is 4.79 Å². The Kier molecular flexibility index (Phi) is 3.61. The van der Waals surface area contributed by atoms with Crippen molar-refractivity contribution in [3.05, 3.63) is 64.7 Å². The Labute approximate surface area is 123 Å². The van der Waals surface area contributed by atoms with Crippen LogP contribution < -0.4 is 10.6 Å². The summed E-state index contributed by atoms with van der Waals surface area (Å²) >= 11 is 6.08. The van der Waals surface area contributed by atoms with E-state index in [1.807, 2.05) is 48.5 Å². The lowest BCUT2D eigenvalue weighted by Gasteiger charge is -2.12. The average molecular weight is 287 g/mol. The SMILES string of the molecule is O=C(NCc1ccccc1Cl)C1CNc2ccccc21. The van der Waals surface area contributed by atoms with Gasteiger partial charge in [0.25, 0.3) is 0 Å². The number of anilines is 1. The molecule has 1 amide bonds. The van der Waals surface area contributed by atoms with Crippen molar-refractivity contribution >= 4 is 23.2 Å². The molecule has 1 unspecified atom stereocenters. The Bertz CT molecular complexity index is 642. The first-order valence-electron chi connectivity index (χ1n) is 6.59. The standard InChI is InChI=1S/C16H15ClN2O/c17-14-7-3-1-5-11(14)9-19-16(20)13-10-18-15-8-4-2-6-12(13)15/h1-8,13,18H,9-10H2,(H,19,20). The highest BCUT2D eigenvalue weighted by Gasteiger charge is 2.27. The molecule has 1 atom stereocenters. The second-order valence-corrected chi connectivity index (χ2v) is 5.24. The Balaban J connectivity index is 1.68. The normalized spacial score (nSPS) is 16.4. The van der Waals surface area contributed by atoms with E-state index in [9.17, 15) is 4.79 Å². The molecular formula is C16H15ClN2O. The Morgan fingerprint density at radius 1 is 1.20 bits per heavy atom. The van der Waals surface area contributed by atoms with Gasteiger partial charge in [-0.15, -0.1) is 0 Å². The van der Waals surface area contributed by atoms with Gasteiger partial charge in [0.15, 0.2) is 0 Å². The Morgan fingerprint density at radius 2 is 1.95 bits per heavy atom. The molecule has 0 radical (unpaired) electrons. The topological polar surface area (TPSA) is 41.1 Å². The molecular weight excluding hydrogens is 272 g/mol. The molecule has 3 nitrogen and oxygen atoms in total. The number of hydrogen-bond acceptors (Lipinski definition) is 2. The van der Waals surface area contributed by atoms with E-state index < -0.39 is 0 Å². The van der Waals surface area contributed by atoms with Crippen molar-refractivity contribution in [2.24, 2.45) is 0 Å². The first-order valence-corrected chi connectivity index (χ1v) is 6.97. The summed E-state index contributed by atoms with van der Waals surface area (Å²) in [6.45, 7) is 1.10. The minimum absolute atomic E-state index is 0.0300. The zero-order valence-corrected chi connectivity index (χ0v) is 11.7. The molecule has 2 aromatic rings. The number of fused-ring (bicyclic) bond motifs is 1. The van der Waals surface area contributed by atoms with Crippen LogP contribution in [-0.2, 0) is 11.3 Å². The number of carbonyl (C=O) groups is 1. The summed E-state index contributed by atoms with van der Waals surface area (Å²) < 4.78 is 0. The van der Waals surface area contributed by atoms with Crippen molar-refractivity contribution in [3.63, 3.8) is 0 Å². The number of halogens is 1. The van der Waals surface area contributed by atoms with Gasteiger partial charge in [0.2, 0.25) is 5.91 Å². The fourth-order valence-corrected chi connectivity index (χ4v) is 2.67. The summed E-state index contributed by atoms with van der Waals surface area (Å²) in [5.41, 5.74) is 3.04. The van der Waals surface area contributed by atoms with Crippen LogP contribution in [0.1, 0.15) is 17.0 Å². The van der Waals surface area contributed by atoms with Crippen LogP contribution in [0.15, 0.2) is 48.5 Å². The highest BCUT2D eigenvalue weighted by Crippen LogP contribution is 2.31. The summed E-state index contributed by atoms with van der Waals surface area (Å²) in [5.74, 6) is -0.101. The molecule has 0 spiro atoms. The molecule has 0 fully saturated rings. The third-order valence-corrected chi connectivity index (χ3v) is 3.93. The van der Waals surface area contributed by atoms with Crippen LogP contribution in [0.3, 0.4) is 0 Å². The third-order valence-electron chi connectivity index (χ3n) is 3.56. The van der Waals surface area contributed by atoms with Crippen molar-refractivity contribution in [2.45, 2.75) is 12.5 Å².